The van der Waals surface area contributed by atoms with Gasteiger partial charge in [-0.15, -0.1) is 0 Å². The van der Waals surface area contributed by atoms with Gasteiger partial charge in [0.15, 0.2) is 0 Å². The van der Waals surface area contributed by atoms with Gasteiger partial charge >= 0.3 is 6.09 Å². The molecule has 2 N–H and O–H groups in total. The van der Waals surface area contributed by atoms with Gasteiger partial charge in [0, 0.05) is 25.0 Å². The zero-order valence-electron chi connectivity index (χ0n) is 15.7. The molecule has 2 saturated heterocycles. The molecule has 7 nitrogen and oxygen atoms in total. The minimum absolute atomic E-state index is 0.0666. The zero-order valence-corrected chi connectivity index (χ0v) is 16.5. The summed E-state index contributed by atoms with van der Waals surface area (Å²) in [5.41, 5.74) is 0.576. The van der Waals surface area contributed by atoms with Crippen molar-refractivity contribution in [2.24, 2.45) is 5.92 Å². The molecule has 26 heavy (non-hydrogen) atoms. The van der Waals surface area contributed by atoms with Gasteiger partial charge in [-0.1, -0.05) is 17.7 Å². The molecule has 1 aromatic rings. The Hall–Kier alpha value is -1.64. The first kappa shape index (κ1) is 20.7. The standard InChI is InChI=1S/C11H20N2O2.C7H8O3S/c1-11(2,3)15-10(14)13-7-8-6-12-5-4-9(8)13;1-6-2-4-7(5-3-6)11(8,9)10/h8-9,12H,4-7H2,1-3H3;2-5H,1H3,(H,8,9,10). The molecule has 0 saturated carbocycles. The number of hydrogen-bond acceptors (Lipinski definition) is 5. The van der Waals surface area contributed by atoms with Crippen molar-refractivity contribution in [3.05, 3.63) is 29.8 Å². The Kier molecular flexibility index (Phi) is 6.31. The number of carbonyl (C=O) groups is 1. The highest BCUT2D eigenvalue weighted by Gasteiger charge is 2.44. The van der Waals surface area contributed by atoms with Crippen LogP contribution in [0.1, 0.15) is 32.8 Å². The van der Waals surface area contributed by atoms with Crippen LogP contribution in [0.15, 0.2) is 29.2 Å². The van der Waals surface area contributed by atoms with Crippen molar-refractivity contribution in [3.8, 4) is 0 Å². The molecule has 0 spiro atoms. The molecule has 146 valence electrons. The molecular formula is C18H28N2O5S. The van der Waals surface area contributed by atoms with E-state index in [2.05, 4.69) is 5.32 Å². The van der Waals surface area contributed by atoms with Gasteiger partial charge < -0.3 is 15.0 Å². The van der Waals surface area contributed by atoms with Crippen molar-refractivity contribution >= 4 is 16.2 Å². The summed E-state index contributed by atoms with van der Waals surface area (Å²) in [6, 6.07) is 6.41. The molecule has 2 fully saturated rings. The van der Waals surface area contributed by atoms with E-state index in [9.17, 15) is 13.2 Å². The first-order valence-corrected chi connectivity index (χ1v) is 10.2. The molecule has 0 radical (unpaired) electrons. The zero-order chi connectivity index (χ0) is 19.5. The quantitative estimate of drug-likeness (QED) is 0.722. The van der Waals surface area contributed by atoms with E-state index < -0.39 is 10.1 Å². The van der Waals surface area contributed by atoms with Crippen LogP contribution in [0, 0.1) is 12.8 Å². The number of rotatable bonds is 1. The Balaban J connectivity index is 0.000000197. The van der Waals surface area contributed by atoms with Gasteiger partial charge in [0.25, 0.3) is 10.1 Å². The number of piperidine rings is 1. The lowest BCUT2D eigenvalue weighted by Crippen LogP contribution is -2.64. The van der Waals surface area contributed by atoms with Gasteiger partial charge in [-0.2, -0.15) is 8.42 Å². The summed E-state index contributed by atoms with van der Waals surface area (Å²) in [4.78, 5) is 13.6. The molecule has 1 aromatic carbocycles. The molecule has 0 aliphatic carbocycles. The van der Waals surface area contributed by atoms with Gasteiger partial charge in [-0.3, -0.25) is 4.55 Å². The lowest BCUT2D eigenvalue weighted by atomic mass is 9.84. The van der Waals surface area contributed by atoms with Crippen LogP contribution in [0.25, 0.3) is 0 Å². The number of nitrogens with zero attached hydrogens (tertiary/aromatic N) is 1. The Morgan fingerprint density at radius 3 is 2.38 bits per heavy atom. The average Bonchev–Trinajstić information content (AvgIpc) is 2.47. The molecular weight excluding hydrogens is 356 g/mol. The third-order valence-corrected chi connectivity index (χ3v) is 5.21. The number of likely N-dealkylation sites (tertiary alicyclic amines) is 1. The molecule has 0 bridgehead atoms. The highest BCUT2D eigenvalue weighted by molar-refractivity contribution is 7.85. The van der Waals surface area contributed by atoms with Crippen molar-refractivity contribution in [2.45, 2.75) is 50.7 Å². The van der Waals surface area contributed by atoms with E-state index in [0.717, 1.165) is 31.6 Å². The Morgan fingerprint density at radius 2 is 1.88 bits per heavy atom. The summed E-state index contributed by atoms with van der Waals surface area (Å²) in [6.07, 6.45) is 0.912. The SMILES string of the molecule is CC(C)(C)OC(=O)N1CC2CNCCC21.Cc1ccc(S(=O)(=O)O)cc1. The van der Waals surface area contributed by atoms with Crippen molar-refractivity contribution in [3.63, 3.8) is 0 Å². The maximum atomic E-state index is 11.8. The number of benzene rings is 1. The van der Waals surface area contributed by atoms with Crippen LogP contribution in [0.5, 0.6) is 0 Å². The summed E-state index contributed by atoms with van der Waals surface area (Å²) >= 11 is 0. The van der Waals surface area contributed by atoms with Gasteiger partial charge in [0.05, 0.1) is 4.90 Å². The van der Waals surface area contributed by atoms with E-state index in [0.29, 0.717) is 12.0 Å². The number of carbonyl (C=O) groups excluding carboxylic acids is 1. The number of aryl methyl sites for hydroxylation is 1. The predicted molar refractivity (Wildman–Crippen MR) is 98.7 cm³/mol. The van der Waals surface area contributed by atoms with Crippen molar-refractivity contribution in [2.75, 3.05) is 19.6 Å². The van der Waals surface area contributed by atoms with Crippen LogP contribution >= 0.6 is 0 Å². The molecule has 3 rings (SSSR count). The first-order chi connectivity index (χ1) is 12.0. The van der Waals surface area contributed by atoms with E-state index in [4.69, 9.17) is 9.29 Å². The first-order valence-electron chi connectivity index (χ1n) is 8.72. The largest absolute Gasteiger partial charge is 0.444 e. The fourth-order valence-electron chi connectivity index (χ4n) is 3.00. The minimum Gasteiger partial charge on any atom is -0.444 e. The molecule has 2 aliphatic rings. The van der Waals surface area contributed by atoms with Crippen LogP contribution in [0.3, 0.4) is 0 Å². The van der Waals surface area contributed by atoms with Crippen molar-refractivity contribution in [1.82, 2.24) is 10.2 Å². The maximum absolute atomic E-state index is 11.8. The minimum atomic E-state index is -4.02. The lowest BCUT2D eigenvalue weighted by molar-refractivity contribution is -0.0385. The van der Waals surface area contributed by atoms with E-state index in [1.165, 1.54) is 12.1 Å². The molecule has 8 heteroatoms. The summed E-state index contributed by atoms with van der Waals surface area (Å²) in [5, 5.41) is 3.35. The molecule has 1 amide bonds. The Bertz CT molecular complexity index is 725. The smallest absolute Gasteiger partial charge is 0.410 e. The molecule has 2 atom stereocenters. The van der Waals surface area contributed by atoms with E-state index >= 15 is 0 Å². The third-order valence-electron chi connectivity index (χ3n) is 4.35. The van der Waals surface area contributed by atoms with Crippen LogP contribution in [0.4, 0.5) is 4.79 Å². The molecule has 2 unspecified atom stereocenters. The Labute approximate surface area is 155 Å². The second kappa shape index (κ2) is 7.94. The Morgan fingerprint density at radius 1 is 1.27 bits per heavy atom. The van der Waals surface area contributed by atoms with Crippen LogP contribution in [-0.2, 0) is 14.9 Å². The fourth-order valence-corrected chi connectivity index (χ4v) is 3.48. The number of fused-ring (bicyclic) bond motifs is 1. The highest BCUT2D eigenvalue weighted by Crippen LogP contribution is 2.30. The van der Waals surface area contributed by atoms with Crippen molar-refractivity contribution in [1.29, 1.82) is 0 Å². The number of ether oxygens (including phenoxy) is 1. The van der Waals surface area contributed by atoms with E-state index in [-0.39, 0.29) is 16.6 Å². The maximum Gasteiger partial charge on any atom is 0.410 e. The summed E-state index contributed by atoms with van der Waals surface area (Å²) < 4.78 is 34.9. The van der Waals surface area contributed by atoms with E-state index in [1.54, 1.807) is 12.1 Å². The number of nitrogens with one attached hydrogen (secondary N) is 1. The topological polar surface area (TPSA) is 95.9 Å². The van der Waals surface area contributed by atoms with Gasteiger partial charge in [0.1, 0.15) is 5.60 Å². The normalized spacial score (nSPS) is 22.4. The number of hydrogen-bond donors (Lipinski definition) is 2. The number of amides is 1. The predicted octanol–water partition coefficient (Wildman–Crippen LogP) is 2.46. The third kappa shape index (κ3) is 5.69. The van der Waals surface area contributed by atoms with Crippen LogP contribution in [-0.4, -0.2) is 55.2 Å². The molecule has 2 aliphatic heterocycles. The second-order valence-electron chi connectivity index (χ2n) is 7.74. The summed E-state index contributed by atoms with van der Waals surface area (Å²) in [6.45, 7) is 10.5. The van der Waals surface area contributed by atoms with Gasteiger partial charge in [-0.25, -0.2) is 4.79 Å². The second-order valence-corrected chi connectivity index (χ2v) is 9.16. The molecule has 0 aromatic heterocycles. The van der Waals surface area contributed by atoms with Gasteiger partial charge in [-0.05, 0) is 52.8 Å². The van der Waals surface area contributed by atoms with Crippen molar-refractivity contribution < 1.29 is 22.5 Å². The summed E-state index contributed by atoms with van der Waals surface area (Å²) in [5.74, 6) is 0.645. The highest BCUT2D eigenvalue weighted by atomic mass is 32.2. The molecule has 2 heterocycles. The summed E-state index contributed by atoms with van der Waals surface area (Å²) in [7, 11) is -4.02. The monoisotopic (exact) mass is 384 g/mol. The average molecular weight is 384 g/mol. The van der Waals surface area contributed by atoms with Crippen LogP contribution < -0.4 is 5.32 Å². The van der Waals surface area contributed by atoms with Crippen LogP contribution in [0.2, 0.25) is 0 Å². The van der Waals surface area contributed by atoms with E-state index in [1.807, 2.05) is 32.6 Å². The lowest BCUT2D eigenvalue weighted by Gasteiger charge is -2.50. The fraction of sp³-hybridized carbons (Fsp3) is 0.611. The van der Waals surface area contributed by atoms with Gasteiger partial charge in [0.2, 0.25) is 0 Å².